The molecule has 0 amide bonds. The Kier molecular flexibility index (Phi) is 4.27. The molecule has 0 saturated heterocycles. The van der Waals surface area contributed by atoms with Crippen LogP contribution in [-0.2, 0) is 6.42 Å². The molecule has 0 saturated carbocycles. The second-order valence-electron chi connectivity index (χ2n) is 4.99. The highest BCUT2D eigenvalue weighted by atomic mass is 79.9. The summed E-state index contributed by atoms with van der Waals surface area (Å²) in [5.41, 5.74) is 3.49. The van der Waals surface area contributed by atoms with E-state index in [9.17, 15) is 0 Å². The van der Waals surface area contributed by atoms with Gasteiger partial charge in [0.25, 0.3) is 0 Å². The van der Waals surface area contributed by atoms with Gasteiger partial charge in [0.1, 0.15) is 5.75 Å². The molecule has 108 valence electrons. The number of ether oxygens (including phenoxy) is 1. The van der Waals surface area contributed by atoms with Crippen LogP contribution in [0.15, 0.2) is 42.5 Å². The number of fused-ring (bicyclic) bond motifs is 1. The molecule has 0 N–H and O–H groups in total. The van der Waals surface area contributed by atoms with E-state index in [2.05, 4.69) is 53.2 Å². The number of thiazole rings is 1. The van der Waals surface area contributed by atoms with Gasteiger partial charge in [-0.2, -0.15) is 0 Å². The van der Waals surface area contributed by atoms with E-state index >= 15 is 0 Å². The SMILES string of the molecule is COc1ccc(C)cc1C(Br)Cc1nc2ccccc2s1. The molecule has 0 fully saturated rings. The zero-order valence-electron chi connectivity index (χ0n) is 12.0. The van der Waals surface area contributed by atoms with Gasteiger partial charge in [0, 0.05) is 16.8 Å². The van der Waals surface area contributed by atoms with E-state index in [4.69, 9.17) is 9.72 Å². The normalized spacial score (nSPS) is 12.5. The minimum atomic E-state index is 0.202. The predicted molar refractivity (Wildman–Crippen MR) is 92.7 cm³/mol. The Balaban J connectivity index is 1.88. The molecular weight excluding hydrogens is 346 g/mol. The highest BCUT2D eigenvalue weighted by Gasteiger charge is 2.16. The van der Waals surface area contributed by atoms with E-state index in [-0.39, 0.29) is 4.83 Å². The lowest BCUT2D eigenvalue weighted by atomic mass is 10.1. The summed E-state index contributed by atoms with van der Waals surface area (Å²) in [5, 5.41) is 1.14. The van der Waals surface area contributed by atoms with Crippen molar-refractivity contribution in [2.75, 3.05) is 7.11 Å². The van der Waals surface area contributed by atoms with Gasteiger partial charge in [0.2, 0.25) is 0 Å². The first kappa shape index (κ1) is 14.5. The van der Waals surface area contributed by atoms with Crippen molar-refractivity contribution in [3.05, 3.63) is 58.6 Å². The summed E-state index contributed by atoms with van der Waals surface area (Å²) in [6.07, 6.45) is 0.860. The molecule has 21 heavy (non-hydrogen) atoms. The van der Waals surface area contributed by atoms with Crippen molar-refractivity contribution in [1.29, 1.82) is 0 Å². The van der Waals surface area contributed by atoms with Crippen molar-refractivity contribution in [2.24, 2.45) is 0 Å². The lowest BCUT2D eigenvalue weighted by molar-refractivity contribution is 0.409. The Labute approximate surface area is 136 Å². The predicted octanol–water partition coefficient (Wildman–Crippen LogP) is 5.29. The van der Waals surface area contributed by atoms with Gasteiger partial charge in [-0.05, 0) is 25.1 Å². The number of hydrogen-bond acceptors (Lipinski definition) is 3. The second kappa shape index (κ2) is 6.16. The van der Waals surface area contributed by atoms with Gasteiger partial charge < -0.3 is 4.74 Å². The molecule has 0 spiro atoms. The molecule has 2 aromatic carbocycles. The third kappa shape index (κ3) is 3.11. The average molecular weight is 362 g/mol. The number of nitrogens with zero attached hydrogens (tertiary/aromatic N) is 1. The van der Waals surface area contributed by atoms with Crippen molar-refractivity contribution < 1.29 is 4.74 Å². The van der Waals surface area contributed by atoms with Gasteiger partial charge in [0.05, 0.1) is 22.3 Å². The Bertz CT molecular complexity index is 735. The van der Waals surface area contributed by atoms with E-state index in [1.165, 1.54) is 15.8 Å². The van der Waals surface area contributed by atoms with Crippen LogP contribution in [0.25, 0.3) is 10.2 Å². The lowest BCUT2D eigenvalue weighted by Gasteiger charge is -2.14. The smallest absolute Gasteiger partial charge is 0.123 e. The number of alkyl halides is 1. The van der Waals surface area contributed by atoms with E-state index in [1.807, 2.05) is 12.1 Å². The number of para-hydroxylation sites is 1. The molecule has 3 aromatic rings. The van der Waals surface area contributed by atoms with Crippen molar-refractivity contribution in [3.8, 4) is 5.75 Å². The molecule has 0 aliphatic rings. The highest BCUT2D eigenvalue weighted by Crippen LogP contribution is 2.36. The topological polar surface area (TPSA) is 22.1 Å². The number of methoxy groups -OCH3 is 1. The first-order valence-corrected chi connectivity index (χ1v) is 8.53. The average Bonchev–Trinajstić information content (AvgIpc) is 2.89. The summed E-state index contributed by atoms with van der Waals surface area (Å²) < 4.78 is 6.71. The number of rotatable bonds is 4. The summed E-state index contributed by atoms with van der Waals surface area (Å²) in [5.74, 6) is 0.920. The van der Waals surface area contributed by atoms with Crippen LogP contribution >= 0.6 is 27.3 Å². The zero-order chi connectivity index (χ0) is 14.8. The largest absolute Gasteiger partial charge is 0.496 e. The van der Waals surface area contributed by atoms with E-state index in [0.29, 0.717) is 0 Å². The van der Waals surface area contributed by atoms with Gasteiger partial charge in [0.15, 0.2) is 0 Å². The zero-order valence-corrected chi connectivity index (χ0v) is 14.4. The fourth-order valence-electron chi connectivity index (χ4n) is 2.37. The van der Waals surface area contributed by atoms with Gasteiger partial charge in [-0.25, -0.2) is 4.98 Å². The molecule has 3 rings (SSSR count). The van der Waals surface area contributed by atoms with Crippen LogP contribution in [0.1, 0.15) is 21.0 Å². The minimum Gasteiger partial charge on any atom is -0.496 e. The lowest BCUT2D eigenvalue weighted by Crippen LogP contribution is -1.99. The van der Waals surface area contributed by atoms with Gasteiger partial charge in [-0.1, -0.05) is 45.8 Å². The van der Waals surface area contributed by atoms with Crippen molar-refractivity contribution in [2.45, 2.75) is 18.2 Å². The van der Waals surface area contributed by atoms with E-state index in [0.717, 1.165) is 22.7 Å². The van der Waals surface area contributed by atoms with Crippen molar-refractivity contribution in [3.63, 3.8) is 0 Å². The maximum absolute atomic E-state index is 5.47. The van der Waals surface area contributed by atoms with Gasteiger partial charge in [-0.15, -0.1) is 11.3 Å². The van der Waals surface area contributed by atoms with Crippen LogP contribution in [0.3, 0.4) is 0 Å². The van der Waals surface area contributed by atoms with E-state index in [1.54, 1.807) is 18.4 Å². The fraction of sp³-hybridized carbons (Fsp3) is 0.235. The molecule has 0 bridgehead atoms. The fourth-order valence-corrected chi connectivity index (χ4v) is 4.26. The maximum Gasteiger partial charge on any atom is 0.123 e. The number of aromatic nitrogens is 1. The van der Waals surface area contributed by atoms with Gasteiger partial charge >= 0.3 is 0 Å². The van der Waals surface area contributed by atoms with Crippen LogP contribution < -0.4 is 4.74 Å². The first-order valence-electron chi connectivity index (χ1n) is 6.80. The molecule has 1 heterocycles. The number of benzene rings is 2. The monoisotopic (exact) mass is 361 g/mol. The van der Waals surface area contributed by atoms with Crippen LogP contribution in [0.4, 0.5) is 0 Å². The number of hydrogen-bond donors (Lipinski definition) is 0. The maximum atomic E-state index is 5.47. The van der Waals surface area contributed by atoms with Crippen LogP contribution in [0.5, 0.6) is 5.75 Å². The van der Waals surface area contributed by atoms with Crippen molar-refractivity contribution >= 4 is 37.5 Å². The molecule has 4 heteroatoms. The molecule has 1 aromatic heterocycles. The number of aryl methyl sites for hydroxylation is 1. The number of halogens is 1. The highest BCUT2D eigenvalue weighted by molar-refractivity contribution is 9.09. The van der Waals surface area contributed by atoms with Crippen LogP contribution in [-0.4, -0.2) is 12.1 Å². The molecule has 2 nitrogen and oxygen atoms in total. The quantitative estimate of drug-likeness (QED) is 0.588. The molecule has 0 aliphatic heterocycles. The summed E-state index contributed by atoms with van der Waals surface area (Å²) >= 11 is 5.55. The second-order valence-corrected chi connectivity index (χ2v) is 7.21. The van der Waals surface area contributed by atoms with Crippen molar-refractivity contribution in [1.82, 2.24) is 4.98 Å². The third-order valence-electron chi connectivity index (χ3n) is 3.41. The summed E-state index contributed by atoms with van der Waals surface area (Å²) in [6, 6.07) is 14.5. The Morgan fingerprint density at radius 2 is 2.05 bits per heavy atom. The molecule has 0 aliphatic carbocycles. The minimum absolute atomic E-state index is 0.202. The van der Waals surface area contributed by atoms with E-state index < -0.39 is 0 Å². The summed E-state index contributed by atoms with van der Waals surface area (Å²) in [7, 11) is 1.71. The van der Waals surface area contributed by atoms with Gasteiger partial charge in [-0.3, -0.25) is 0 Å². The Hall–Kier alpha value is -1.39. The third-order valence-corrected chi connectivity index (χ3v) is 5.29. The summed E-state index contributed by atoms with van der Waals surface area (Å²) in [6.45, 7) is 2.10. The Morgan fingerprint density at radius 3 is 2.81 bits per heavy atom. The van der Waals surface area contributed by atoms with Crippen LogP contribution in [0.2, 0.25) is 0 Å². The molecule has 1 unspecified atom stereocenters. The summed E-state index contributed by atoms with van der Waals surface area (Å²) in [4.78, 5) is 4.91. The Morgan fingerprint density at radius 1 is 1.24 bits per heavy atom. The van der Waals surface area contributed by atoms with Crippen LogP contribution in [0, 0.1) is 6.92 Å². The first-order chi connectivity index (χ1) is 10.2. The molecular formula is C17H16BrNOS. The standard InChI is InChI=1S/C17H16BrNOS/c1-11-7-8-15(20-2)12(9-11)13(18)10-17-19-14-5-3-4-6-16(14)21-17/h3-9,13H,10H2,1-2H3. The molecule has 0 radical (unpaired) electrons. The molecule has 1 atom stereocenters.